The fourth-order valence-corrected chi connectivity index (χ4v) is 9.69. The Labute approximate surface area is 552 Å². The molecule has 0 unspecified atom stereocenters. The molecule has 0 fully saturated rings. The minimum absolute atomic E-state index is 0. The number of rotatable bonds is 7. The number of fused-ring (bicyclic) bond motifs is 6. The smallest absolute Gasteiger partial charge is 0.545 e. The Balaban J connectivity index is 0.000000187. The number of aryl methyl sites for hydroxylation is 1. The topological polar surface area (TPSA) is 269 Å². The number of carboxylic acid groups (broad SMARTS) is 6. The van der Waals surface area contributed by atoms with Crippen LogP contribution in [0.2, 0.25) is 0 Å². The number of aromatic amines is 1. The van der Waals surface area contributed by atoms with E-state index in [9.17, 15) is 59.4 Å². The van der Waals surface area contributed by atoms with Crippen molar-refractivity contribution in [3.8, 4) is 0 Å². The normalized spacial score (nSPS) is 9.89. The summed E-state index contributed by atoms with van der Waals surface area (Å²) in [5.41, 5.74) is 2.63. The third kappa shape index (κ3) is 18.8. The second-order valence-corrected chi connectivity index (χ2v) is 19.5. The fraction of sp³-hybridized carbons (Fsp3) is 0.0143. The van der Waals surface area contributed by atoms with Crippen molar-refractivity contribution in [2.75, 3.05) is 0 Å². The summed E-state index contributed by atoms with van der Waals surface area (Å²) in [5, 5.41) is 81.7. The number of hydrogen-bond acceptors (Lipinski definition) is 15. The van der Waals surface area contributed by atoms with Crippen molar-refractivity contribution in [1.29, 1.82) is 0 Å². The van der Waals surface area contributed by atoms with Crippen molar-refractivity contribution < 1.29 is 59.4 Å². The van der Waals surface area contributed by atoms with E-state index in [-0.39, 0.29) is 85.8 Å². The maximum atomic E-state index is 10.7. The molecule has 0 saturated heterocycles. The van der Waals surface area contributed by atoms with Crippen LogP contribution in [0.25, 0.3) is 64.6 Å². The van der Waals surface area contributed by atoms with Crippen molar-refractivity contribution in [2.24, 2.45) is 0 Å². The average Bonchev–Trinajstić information content (AvgIpc) is 3.42. The van der Waals surface area contributed by atoms with E-state index >= 15 is 0 Å². The summed E-state index contributed by atoms with van der Waals surface area (Å²) < 4.78 is 0. The standard InChI is InChI=1S/6C11H8O2.C4H6N2S2.2Bi/c6*12-11(13)10-7-3-5-8-4-1-2-6-9(8)10;1-3-2-5-6-4(3)8-7;;/h6*1-7H,(H,12,13);2,7H,1H3,(H,5,6);;/q;;;;;;;2*+3/p-6. The first kappa shape index (κ1) is 69.5. The van der Waals surface area contributed by atoms with Crippen LogP contribution in [-0.2, 0) is 0 Å². The first-order chi connectivity index (χ1) is 41.6. The minimum atomic E-state index is -1.13. The molecule has 1 N–H and O–H groups in total. The van der Waals surface area contributed by atoms with Crippen LogP contribution in [-0.4, -0.2) is 98.4 Å². The molecular formula is C70H48Bi2N2O12S2. The third-order valence-corrected chi connectivity index (χ3v) is 14.1. The number of thiol groups is 1. The van der Waals surface area contributed by atoms with Gasteiger partial charge in [-0.05, 0) is 82.4 Å². The molecule has 1 aromatic heterocycles. The van der Waals surface area contributed by atoms with E-state index in [1.165, 1.54) is 10.8 Å². The SMILES string of the molecule is Cc1cn[nH]c1SS.O=C([O-])c1cccc2ccccc12.O=C([O-])c1cccc2ccccc12.O=C([O-])c1cccc2ccccc12.O=C([O-])c1cccc2ccccc12.O=C([O-])c1cccc2ccccc12.O=C([O-])c1cccc2ccccc12.[Bi+3].[Bi+3]. The van der Waals surface area contributed by atoms with Crippen LogP contribution in [0.15, 0.2) is 266 Å². The predicted octanol–water partition coefficient (Wildman–Crippen LogP) is 8.11. The number of benzene rings is 12. The zero-order valence-electron chi connectivity index (χ0n) is 46.4. The van der Waals surface area contributed by atoms with E-state index in [1.54, 1.807) is 115 Å². The van der Waals surface area contributed by atoms with E-state index in [1.807, 2.05) is 153 Å². The molecule has 4 radical (unpaired) electrons. The van der Waals surface area contributed by atoms with Crippen molar-refractivity contribution >= 4 is 175 Å². The van der Waals surface area contributed by atoms with E-state index in [4.69, 9.17) is 0 Å². The molecule has 88 heavy (non-hydrogen) atoms. The number of carbonyl (C=O) groups excluding carboxylic acids is 6. The molecule has 18 heteroatoms. The molecule has 0 amide bonds. The van der Waals surface area contributed by atoms with E-state index < -0.39 is 35.8 Å². The Hall–Kier alpha value is -9.30. The zero-order chi connectivity index (χ0) is 61.5. The molecule has 14 nitrogen and oxygen atoms in total. The van der Waals surface area contributed by atoms with Crippen molar-refractivity contribution in [1.82, 2.24) is 10.2 Å². The van der Waals surface area contributed by atoms with Gasteiger partial charge in [0.2, 0.25) is 0 Å². The maximum absolute atomic E-state index is 10.7. The number of H-pyrrole nitrogens is 1. The molecule has 13 aromatic rings. The Morgan fingerprint density at radius 2 is 0.477 bits per heavy atom. The maximum Gasteiger partial charge on any atom is 3.00 e. The molecule has 1 heterocycles. The van der Waals surface area contributed by atoms with Gasteiger partial charge in [0, 0.05) is 38.9 Å². The average molecular weight is 1590 g/mol. The molecule has 0 aliphatic rings. The van der Waals surface area contributed by atoms with E-state index in [0.29, 0.717) is 0 Å². The summed E-state index contributed by atoms with van der Waals surface area (Å²) in [5.74, 6) is -6.77. The molecule has 0 saturated carbocycles. The molecule has 0 spiro atoms. The quantitative estimate of drug-likeness (QED) is 0.0867. The number of aromatic carboxylic acids is 6. The first-order valence-corrected chi connectivity index (χ1v) is 27.9. The Bertz CT molecular complexity index is 3840. The van der Waals surface area contributed by atoms with Crippen LogP contribution in [0.5, 0.6) is 0 Å². The number of aromatic nitrogens is 2. The predicted molar refractivity (Wildman–Crippen MR) is 339 cm³/mol. The molecule has 12 aromatic carbocycles. The monoisotopic (exact) mass is 1590 g/mol. The Kier molecular flexibility index (Phi) is 27.4. The first-order valence-electron chi connectivity index (χ1n) is 26.0. The van der Waals surface area contributed by atoms with Gasteiger partial charge in [-0.1, -0.05) is 255 Å². The molecule has 0 aliphatic carbocycles. The summed E-state index contributed by atoms with van der Waals surface area (Å²) in [4.78, 5) is 64.2. The van der Waals surface area contributed by atoms with Crippen molar-refractivity contribution in [3.05, 3.63) is 300 Å². The van der Waals surface area contributed by atoms with Gasteiger partial charge in [0.05, 0.1) is 42.0 Å². The molecular weight excluding hydrogens is 1540 g/mol. The Morgan fingerprint density at radius 1 is 0.307 bits per heavy atom. The van der Waals surface area contributed by atoms with Crippen LogP contribution >= 0.6 is 22.5 Å². The molecule has 0 atom stereocenters. The number of nitrogens with one attached hydrogen (secondary N) is 1. The van der Waals surface area contributed by atoms with Crippen LogP contribution in [0.1, 0.15) is 67.7 Å². The van der Waals surface area contributed by atoms with E-state index in [0.717, 1.165) is 75.2 Å². The number of carboxylic acids is 6. The molecule has 13 rings (SSSR count). The summed E-state index contributed by atoms with van der Waals surface area (Å²) in [6.45, 7) is 1.99. The van der Waals surface area contributed by atoms with Gasteiger partial charge in [-0.15, -0.1) is 11.7 Å². The molecule has 0 bridgehead atoms. The van der Waals surface area contributed by atoms with Crippen LogP contribution in [0.4, 0.5) is 0 Å². The Morgan fingerprint density at radius 3 is 0.614 bits per heavy atom. The van der Waals surface area contributed by atoms with Gasteiger partial charge in [0.1, 0.15) is 5.03 Å². The van der Waals surface area contributed by atoms with Crippen LogP contribution in [0.3, 0.4) is 0 Å². The van der Waals surface area contributed by atoms with Gasteiger partial charge in [-0.3, -0.25) is 5.10 Å². The van der Waals surface area contributed by atoms with Crippen molar-refractivity contribution in [3.63, 3.8) is 0 Å². The fourth-order valence-electron chi connectivity index (χ4n) is 8.85. The molecule has 0 aliphatic heterocycles. The second-order valence-electron chi connectivity index (χ2n) is 18.4. The van der Waals surface area contributed by atoms with Gasteiger partial charge < -0.3 is 59.4 Å². The van der Waals surface area contributed by atoms with Gasteiger partial charge in [0.15, 0.2) is 0 Å². The summed E-state index contributed by atoms with van der Waals surface area (Å²) in [6, 6.07) is 74.9. The number of carbonyl (C=O) groups is 6. The summed E-state index contributed by atoms with van der Waals surface area (Å²) in [6.07, 6.45) is 1.78. The van der Waals surface area contributed by atoms with Gasteiger partial charge in [-0.2, -0.15) is 5.10 Å². The summed E-state index contributed by atoms with van der Waals surface area (Å²) >= 11 is 3.99. The van der Waals surface area contributed by atoms with Gasteiger partial charge in [-0.25, -0.2) is 0 Å². The van der Waals surface area contributed by atoms with Crippen LogP contribution in [0, 0.1) is 6.92 Å². The largest absolute Gasteiger partial charge is 3.00 e. The third-order valence-electron chi connectivity index (χ3n) is 12.9. The van der Waals surface area contributed by atoms with Crippen LogP contribution < -0.4 is 30.6 Å². The second kappa shape index (κ2) is 34.7. The number of hydrogen-bond donors (Lipinski definition) is 2. The van der Waals surface area contributed by atoms with Gasteiger partial charge in [0.25, 0.3) is 0 Å². The minimum Gasteiger partial charge on any atom is -0.545 e. The van der Waals surface area contributed by atoms with Gasteiger partial charge >= 0.3 is 52.4 Å². The van der Waals surface area contributed by atoms with E-state index in [2.05, 4.69) is 21.9 Å². The number of nitrogens with zero attached hydrogens (tertiary/aromatic N) is 1. The van der Waals surface area contributed by atoms with Crippen molar-refractivity contribution in [2.45, 2.75) is 11.9 Å². The summed E-state index contributed by atoms with van der Waals surface area (Å²) in [7, 11) is 1.38. The zero-order valence-corrected chi connectivity index (χ0v) is 55.1. The molecule has 432 valence electrons.